The van der Waals surface area contributed by atoms with Crippen LogP contribution in [0.5, 0.6) is 46.8 Å². The average Bonchev–Trinajstić information content (AvgIpc) is 3.27. The van der Waals surface area contributed by atoms with Gasteiger partial charge in [0.2, 0.25) is 11.8 Å². The summed E-state index contributed by atoms with van der Waals surface area (Å²) in [5, 5.41) is 6.00. The Morgan fingerprint density at radius 2 is 0.742 bits per heavy atom. The summed E-state index contributed by atoms with van der Waals surface area (Å²) < 4.78 is 95.1. The van der Waals surface area contributed by atoms with E-state index >= 15 is 0 Å². The van der Waals surface area contributed by atoms with Gasteiger partial charge in [0, 0.05) is 23.5 Å². The zero-order valence-electron chi connectivity index (χ0n) is 37.1. The van der Waals surface area contributed by atoms with E-state index in [1.807, 2.05) is 24.3 Å². The van der Waals surface area contributed by atoms with Gasteiger partial charge in [0.1, 0.15) is 44.4 Å². The normalized spacial score (nSPS) is 11.1. The number of nitrogens with one attached hydrogen (secondary N) is 2. The van der Waals surface area contributed by atoms with Crippen LogP contribution in [0.3, 0.4) is 0 Å². The molecule has 0 spiro atoms. The summed E-state index contributed by atoms with van der Waals surface area (Å²) in [5.41, 5.74) is 0.345. The minimum absolute atomic E-state index is 0. The van der Waals surface area contributed by atoms with Gasteiger partial charge in [0.15, 0.2) is 0 Å². The molecule has 0 aliphatic heterocycles. The maximum Gasteiger partial charge on any atom is 1.00 e. The van der Waals surface area contributed by atoms with E-state index in [1.165, 1.54) is 48.6 Å². The maximum absolute atomic E-state index is 12.7. The summed E-state index contributed by atoms with van der Waals surface area (Å²) in [6.07, 6.45) is 2.55. The second-order valence-corrected chi connectivity index (χ2v) is 16.2. The number of para-hydroxylation sites is 4. The van der Waals surface area contributed by atoms with Crippen LogP contribution in [0.1, 0.15) is 14.0 Å². The quantitative estimate of drug-likeness (QED) is 0.0580. The van der Waals surface area contributed by atoms with Crippen molar-refractivity contribution in [3.8, 4) is 46.8 Å². The summed E-state index contributed by atoms with van der Waals surface area (Å²) in [4.78, 5) is 16.5. The monoisotopic (exact) mass is 942 g/mol. The Morgan fingerprint density at radius 1 is 0.424 bits per heavy atom. The van der Waals surface area contributed by atoms with Crippen LogP contribution < -0.4 is 88.7 Å². The molecule has 16 nitrogen and oxygen atoms in total. The molecule has 66 heavy (non-hydrogen) atoms. The largest absolute Gasteiger partial charge is 1.00 e. The minimum atomic E-state index is -4.86. The van der Waals surface area contributed by atoms with Crippen LogP contribution in [0.25, 0.3) is 12.2 Å². The topological polar surface area (TPSA) is 221 Å². The third kappa shape index (κ3) is 13.7. The molecular formula is C46H36N6Na2O10S2. The van der Waals surface area contributed by atoms with Gasteiger partial charge in [-0.2, -0.15) is 36.8 Å². The number of rotatable bonds is 16. The van der Waals surface area contributed by atoms with E-state index in [4.69, 9.17) is 18.9 Å². The summed E-state index contributed by atoms with van der Waals surface area (Å²) in [6, 6.07) is 46.3. The van der Waals surface area contributed by atoms with Gasteiger partial charge in [-0.3, -0.25) is 9.11 Å². The second kappa shape index (κ2) is 22.4. The van der Waals surface area contributed by atoms with Crippen molar-refractivity contribution in [2.24, 2.45) is 0 Å². The Hall–Kier alpha value is -6.16. The van der Waals surface area contributed by atoms with Gasteiger partial charge in [0.25, 0.3) is 20.2 Å². The number of anilines is 4. The van der Waals surface area contributed by atoms with Crippen LogP contribution in [0.4, 0.5) is 23.0 Å². The fourth-order valence-electron chi connectivity index (χ4n) is 5.96. The van der Waals surface area contributed by atoms with E-state index in [-0.39, 0.29) is 120 Å². The van der Waals surface area contributed by atoms with Gasteiger partial charge in [-0.25, -0.2) is 0 Å². The molecule has 0 fully saturated rings. The molecule has 0 radical (unpaired) electrons. The van der Waals surface area contributed by atoms with Crippen LogP contribution in [-0.2, 0) is 20.2 Å². The Balaban J connectivity index is 0.00000252. The molecule has 0 saturated carbocycles. The summed E-state index contributed by atoms with van der Waals surface area (Å²) in [5.74, 6) is 2.42. The summed E-state index contributed by atoms with van der Waals surface area (Å²) in [6.45, 7) is 0. The van der Waals surface area contributed by atoms with Gasteiger partial charge >= 0.3 is 71.1 Å². The minimum Gasteiger partial charge on any atom is -1.00 e. The Kier molecular flexibility index (Phi) is 16.7. The molecule has 0 aliphatic carbocycles. The SMILES string of the molecule is O=S(=O)(O)c1cc(Nc2cc(Oc3ccccc3)nc(Oc3ccccc3)n2)ccc1/C=C/c1ccc(Nc2cc(Oc3ccccc3)nc(Oc3ccccc3)n2)cc1S(=O)(=O)O.[H-].[H-].[Na+].[Na+]. The Labute approximate surface area is 426 Å². The number of hydrogen-bond donors (Lipinski definition) is 4. The number of hydrogen-bond acceptors (Lipinski definition) is 14. The van der Waals surface area contributed by atoms with Crippen molar-refractivity contribution >= 4 is 55.4 Å². The molecule has 324 valence electrons. The van der Waals surface area contributed by atoms with Crippen molar-refractivity contribution in [2.45, 2.75) is 9.79 Å². The van der Waals surface area contributed by atoms with Crippen LogP contribution >= 0.6 is 0 Å². The van der Waals surface area contributed by atoms with Gasteiger partial charge < -0.3 is 32.4 Å². The standard InChI is InChI=1S/C46H34N6O10S2.2Na.2H/c53-63(54,55)39-27-33(47-41-29-43(59-35-13-5-1-6-14-35)51-45(49-41)61-37-17-9-3-10-18-37)25-23-31(39)21-22-32-24-26-34(28-40(32)64(56,57)58)48-42-30-44(60-36-15-7-2-8-16-36)52-46(50-42)62-38-19-11-4-12-20-38;;;;/h1-30H,(H,47,49,51)(H,48,50,52)(H,53,54,55)(H,56,57,58);;;;/q;2*+1;2*-1/b22-21+;;;;. The molecule has 0 bridgehead atoms. The maximum atomic E-state index is 12.7. The summed E-state index contributed by atoms with van der Waals surface area (Å²) >= 11 is 0. The third-order valence-corrected chi connectivity index (χ3v) is 10.6. The molecule has 20 heteroatoms. The fraction of sp³-hybridized carbons (Fsp3) is 0. The van der Waals surface area contributed by atoms with Crippen molar-refractivity contribution in [3.63, 3.8) is 0 Å². The fourth-order valence-corrected chi connectivity index (χ4v) is 7.38. The van der Waals surface area contributed by atoms with Gasteiger partial charge in [-0.05, 0) is 83.9 Å². The van der Waals surface area contributed by atoms with E-state index in [0.717, 1.165) is 12.1 Å². The summed E-state index contributed by atoms with van der Waals surface area (Å²) in [7, 11) is -9.72. The van der Waals surface area contributed by atoms with Crippen molar-refractivity contribution in [1.82, 2.24) is 19.9 Å². The Morgan fingerprint density at radius 3 is 1.06 bits per heavy atom. The molecule has 8 rings (SSSR count). The molecule has 2 aromatic heterocycles. The van der Waals surface area contributed by atoms with Gasteiger partial charge in [-0.1, -0.05) is 97.1 Å². The second-order valence-electron chi connectivity index (χ2n) is 13.4. The first kappa shape index (κ1) is 49.3. The van der Waals surface area contributed by atoms with Crippen molar-refractivity contribution in [2.75, 3.05) is 10.6 Å². The van der Waals surface area contributed by atoms with E-state index in [2.05, 4.69) is 30.6 Å². The molecule has 0 aliphatic rings. The van der Waals surface area contributed by atoms with Crippen molar-refractivity contribution in [1.29, 1.82) is 0 Å². The molecule has 0 atom stereocenters. The molecule has 8 aromatic rings. The van der Waals surface area contributed by atoms with Crippen LogP contribution in [0.15, 0.2) is 180 Å². The molecule has 4 N–H and O–H groups in total. The molecule has 0 unspecified atom stereocenters. The van der Waals surface area contributed by atoms with Gasteiger partial charge in [-0.15, -0.1) is 0 Å². The number of nitrogens with zero attached hydrogens (tertiary/aromatic N) is 4. The molecule has 0 saturated heterocycles. The van der Waals surface area contributed by atoms with E-state index in [1.54, 1.807) is 97.1 Å². The van der Waals surface area contributed by atoms with Gasteiger partial charge in [0.05, 0.1) is 0 Å². The van der Waals surface area contributed by atoms with Crippen molar-refractivity contribution in [3.05, 3.63) is 181 Å². The molecular weight excluding hydrogens is 907 g/mol. The van der Waals surface area contributed by atoms with Crippen LogP contribution in [0, 0.1) is 0 Å². The predicted molar refractivity (Wildman–Crippen MR) is 240 cm³/mol. The van der Waals surface area contributed by atoms with E-state index in [0.29, 0.717) is 23.0 Å². The first-order valence-electron chi connectivity index (χ1n) is 19.0. The Bertz CT molecular complexity index is 2860. The smallest absolute Gasteiger partial charge is 1.00 e. The number of benzene rings is 6. The van der Waals surface area contributed by atoms with E-state index < -0.39 is 30.0 Å². The zero-order chi connectivity index (χ0) is 44.5. The molecule has 6 aromatic carbocycles. The first-order valence-corrected chi connectivity index (χ1v) is 21.9. The average molecular weight is 943 g/mol. The van der Waals surface area contributed by atoms with Crippen LogP contribution in [-0.4, -0.2) is 45.9 Å². The zero-order valence-corrected chi connectivity index (χ0v) is 40.7. The van der Waals surface area contributed by atoms with E-state index in [9.17, 15) is 25.9 Å². The predicted octanol–water partition coefficient (Wildman–Crippen LogP) is 4.82. The molecule has 2 heterocycles. The van der Waals surface area contributed by atoms with Crippen molar-refractivity contribution < 1.29 is 107 Å². The molecule has 0 amide bonds. The first-order chi connectivity index (χ1) is 30.9. The van der Waals surface area contributed by atoms with Crippen LogP contribution in [0.2, 0.25) is 0 Å². The number of aromatic nitrogens is 4. The third-order valence-electron chi connectivity index (χ3n) is 8.77. The number of ether oxygens (including phenoxy) is 4.